The number of nitrogens with two attached hydrogens (primary N) is 1. The van der Waals surface area contributed by atoms with Crippen LogP contribution in [0.25, 0.3) is 0 Å². The second-order valence-electron chi connectivity index (χ2n) is 4.48. The van der Waals surface area contributed by atoms with E-state index in [0.717, 1.165) is 31.6 Å². The lowest BCUT2D eigenvalue weighted by Crippen LogP contribution is -2.15. The molecule has 1 fully saturated rings. The molecule has 0 aromatic carbocycles. The maximum Gasteiger partial charge on any atom is 0.191 e. The average Bonchev–Trinajstić information content (AvgIpc) is 2.81. The van der Waals surface area contributed by atoms with E-state index in [9.17, 15) is 5.11 Å². The Morgan fingerprint density at radius 1 is 1.44 bits per heavy atom. The number of nitrogens with one attached hydrogen (secondary N) is 2. The Kier molecular flexibility index (Phi) is 4.62. The van der Waals surface area contributed by atoms with Crippen LogP contribution in [0.4, 0.5) is 11.6 Å². The van der Waals surface area contributed by atoms with Crippen LogP contribution >= 0.6 is 11.8 Å². The van der Waals surface area contributed by atoms with Gasteiger partial charge in [-0.15, -0.1) is 0 Å². The van der Waals surface area contributed by atoms with Crippen LogP contribution in [0.1, 0.15) is 19.3 Å². The molecule has 1 heterocycles. The lowest BCUT2D eigenvalue weighted by Gasteiger charge is -2.12. The number of rotatable bonds is 5. The topological polar surface area (TPSA) is 96.1 Å². The molecule has 7 heteroatoms. The van der Waals surface area contributed by atoms with E-state index < -0.39 is 0 Å². The zero-order chi connectivity index (χ0) is 13.0. The van der Waals surface area contributed by atoms with E-state index in [-0.39, 0.29) is 6.10 Å². The maximum atomic E-state index is 9.48. The van der Waals surface area contributed by atoms with Gasteiger partial charge in [0.2, 0.25) is 0 Å². The number of hydrazine groups is 1. The molecule has 100 valence electrons. The summed E-state index contributed by atoms with van der Waals surface area (Å²) in [7, 11) is 0. The molecular formula is C11H19N5OS. The van der Waals surface area contributed by atoms with Crippen LogP contribution in [0, 0.1) is 5.92 Å². The van der Waals surface area contributed by atoms with Crippen molar-refractivity contribution in [2.75, 3.05) is 23.5 Å². The van der Waals surface area contributed by atoms with E-state index >= 15 is 0 Å². The van der Waals surface area contributed by atoms with Crippen molar-refractivity contribution in [2.45, 2.75) is 30.5 Å². The van der Waals surface area contributed by atoms with Crippen molar-refractivity contribution in [3.63, 3.8) is 0 Å². The Morgan fingerprint density at radius 3 is 2.83 bits per heavy atom. The second kappa shape index (κ2) is 6.21. The van der Waals surface area contributed by atoms with Crippen LogP contribution in [0.3, 0.4) is 0 Å². The summed E-state index contributed by atoms with van der Waals surface area (Å²) in [6.07, 6.45) is 4.63. The number of hydrogen-bond acceptors (Lipinski definition) is 7. The Bertz CT molecular complexity index is 381. The highest BCUT2D eigenvalue weighted by Crippen LogP contribution is 2.26. The van der Waals surface area contributed by atoms with Gasteiger partial charge in [0.05, 0.1) is 6.10 Å². The molecule has 2 rings (SSSR count). The van der Waals surface area contributed by atoms with Crippen LogP contribution < -0.4 is 16.6 Å². The van der Waals surface area contributed by atoms with Gasteiger partial charge in [0.15, 0.2) is 5.16 Å². The summed E-state index contributed by atoms with van der Waals surface area (Å²) < 4.78 is 0. The molecule has 5 N–H and O–H groups in total. The summed E-state index contributed by atoms with van der Waals surface area (Å²) in [6.45, 7) is 0.825. The van der Waals surface area contributed by atoms with E-state index in [2.05, 4.69) is 20.7 Å². The van der Waals surface area contributed by atoms with E-state index in [4.69, 9.17) is 5.84 Å². The molecule has 1 saturated carbocycles. The minimum absolute atomic E-state index is 0.134. The van der Waals surface area contributed by atoms with E-state index in [0.29, 0.717) is 16.9 Å². The fourth-order valence-corrected chi connectivity index (χ4v) is 2.54. The summed E-state index contributed by atoms with van der Waals surface area (Å²) in [5.74, 6) is 7.25. The van der Waals surface area contributed by atoms with Gasteiger partial charge in [-0.25, -0.2) is 15.8 Å². The molecule has 0 bridgehead atoms. The molecule has 1 aliphatic rings. The highest BCUT2D eigenvalue weighted by Gasteiger charge is 2.22. The van der Waals surface area contributed by atoms with Crippen molar-refractivity contribution in [1.82, 2.24) is 9.97 Å². The average molecular weight is 269 g/mol. The van der Waals surface area contributed by atoms with E-state index in [1.54, 1.807) is 6.07 Å². The van der Waals surface area contributed by atoms with E-state index in [1.165, 1.54) is 11.8 Å². The summed E-state index contributed by atoms with van der Waals surface area (Å²) in [5.41, 5.74) is 2.53. The number of hydrogen-bond donors (Lipinski definition) is 4. The summed E-state index contributed by atoms with van der Waals surface area (Å²) in [5, 5.41) is 13.4. The number of aliphatic hydroxyl groups is 1. The quantitative estimate of drug-likeness (QED) is 0.275. The predicted octanol–water partition coefficient (Wildman–Crippen LogP) is 1.06. The molecule has 1 aromatic heterocycles. The van der Waals surface area contributed by atoms with E-state index in [1.807, 2.05) is 6.26 Å². The minimum Gasteiger partial charge on any atom is -0.393 e. The number of nitrogen functional groups attached to an aromatic ring is 1. The van der Waals surface area contributed by atoms with Crippen LogP contribution in [0.15, 0.2) is 11.2 Å². The van der Waals surface area contributed by atoms with Gasteiger partial charge in [0.25, 0.3) is 0 Å². The molecule has 0 spiro atoms. The zero-order valence-electron chi connectivity index (χ0n) is 10.4. The number of thioether (sulfide) groups is 1. The Morgan fingerprint density at radius 2 is 2.22 bits per heavy atom. The van der Waals surface area contributed by atoms with Crippen LogP contribution in [-0.4, -0.2) is 34.0 Å². The molecule has 0 aliphatic heterocycles. The molecule has 18 heavy (non-hydrogen) atoms. The van der Waals surface area contributed by atoms with Gasteiger partial charge < -0.3 is 15.8 Å². The molecule has 2 atom stereocenters. The van der Waals surface area contributed by atoms with Gasteiger partial charge in [-0.1, -0.05) is 11.8 Å². The lowest BCUT2D eigenvalue weighted by atomic mass is 10.1. The van der Waals surface area contributed by atoms with Crippen LogP contribution in [0.5, 0.6) is 0 Å². The fourth-order valence-electron chi connectivity index (χ4n) is 2.16. The van der Waals surface area contributed by atoms with Gasteiger partial charge in [-0.3, -0.25) is 0 Å². The van der Waals surface area contributed by atoms with Gasteiger partial charge in [0.1, 0.15) is 11.6 Å². The predicted molar refractivity (Wildman–Crippen MR) is 73.5 cm³/mol. The molecule has 1 aliphatic carbocycles. The minimum atomic E-state index is -0.134. The van der Waals surface area contributed by atoms with Crippen molar-refractivity contribution >= 4 is 23.4 Å². The summed E-state index contributed by atoms with van der Waals surface area (Å²) >= 11 is 1.47. The van der Waals surface area contributed by atoms with Gasteiger partial charge in [-0.2, -0.15) is 0 Å². The zero-order valence-corrected chi connectivity index (χ0v) is 11.2. The maximum absolute atomic E-state index is 9.48. The van der Waals surface area contributed by atoms with Crippen molar-refractivity contribution in [2.24, 2.45) is 11.8 Å². The van der Waals surface area contributed by atoms with Gasteiger partial charge >= 0.3 is 0 Å². The van der Waals surface area contributed by atoms with Crippen molar-refractivity contribution < 1.29 is 5.11 Å². The first-order valence-electron chi connectivity index (χ1n) is 6.03. The SMILES string of the molecule is CSc1nc(NN)cc(NCC2CCC(O)C2)n1. The third kappa shape index (κ3) is 3.47. The number of anilines is 2. The number of nitrogens with zero attached hydrogens (tertiary/aromatic N) is 2. The first kappa shape index (κ1) is 13.4. The van der Waals surface area contributed by atoms with Crippen molar-refractivity contribution in [3.05, 3.63) is 6.07 Å². The summed E-state index contributed by atoms with van der Waals surface area (Å²) in [4.78, 5) is 8.56. The van der Waals surface area contributed by atoms with Crippen molar-refractivity contribution in [1.29, 1.82) is 0 Å². The molecule has 0 saturated heterocycles. The first-order valence-corrected chi connectivity index (χ1v) is 7.25. The largest absolute Gasteiger partial charge is 0.393 e. The fraction of sp³-hybridized carbons (Fsp3) is 0.636. The van der Waals surface area contributed by atoms with Gasteiger partial charge in [0, 0.05) is 12.6 Å². The number of aromatic nitrogens is 2. The normalized spacial score (nSPS) is 23.1. The van der Waals surface area contributed by atoms with Crippen molar-refractivity contribution in [3.8, 4) is 0 Å². The molecule has 1 aromatic rings. The monoisotopic (exact) mass is 269 g/mol. The molecule has 6 nitrogen and oxygen atoms in total. The highest BCUT2D eigenvalue weighted by molar-refractivity contribution is 7.98. The lowest BCUT2D eigenvalue weighted by molar-refractivity contribution is 0.178. The highest BCUT2D eigenvalue weighted by atomic mass is 32.2. The number of aliphatic hydroxyl groups excluding tert-OH is 1. The summed E-state index contributed by atoms with van der Waals surface area (Å²) in [6, 6.07) is 1.78. The Labute approximate surface area is 111 Å². The van der Waals surface area contributed by atoms with Crippen LogP contribution in [0.2, 0.25) is 0 Å². The Balaban J connectivity index is 1.95. The molecule has 0 radical (unpaired) electrons. The van der Waals surface area contributed by atoms with Gasteiger partial charge in [-0.05, 0) is 31.4 Å². The molecular weight excluding hydrogens is 250 g/mol. The second-order valence-corrected chi connectivity index (χ2v) is 5.26. The third-order valence-electron chi connectivity index (χ3n) is 3.12. The molecule has 0 amide bonds. The standard InChI is InChI=1S/C11H19N5OS/c1-18-11-14-9(5-10(15-11)16-12)13-6-7-2-3-8(17)4-7/h5,7-8,17H,2-4,6,12H2,1H3,(H2,13,14,15,16). The third-order valence-corrected chi connectivity index (χ3v) is 3.67. The molecule has 2 unspecified atom stereocenters. The van der Waals surface area contributed by atoms with Crippen LogP contribution in [-0.2, 0) is 0 Å². The first-order chi connectivity index (χ1) is 8.71. The Hall–Kier alpha value is -1.05. The smallest absolute Gasteiger partial charge is 0.191 e.